The average molecular weight is 439 g/mol. The van der Waals surface area contributed by atoms with Gasteiger partial charge in [-0.05, 0) is 56.2 Å². The van der Waals surface area contributed by atoms with Crippen LogP contribution in [0.15, 0.2) is 46.9 Å². The number of halogens is 1. The topological polar surface area (TPSA) is 66.5 Å². The van der Waals surface area contributed by atoms with Crippen LogP contribution in [-0.4, -0.2) is 26.6 Å². The van der Waals surface area contributed by atoms with Gasteiger partial charge in [-0.25, -0.2) is 8.42 Å². The van der Waals surface area contributed by atoms with Crippen molar-refractivity contribution in [2.24, 2.45) is 0 Å². The Morgan fingerprint density at radius 3 is 2.27 bits per heavy atom. The van der Waals surface area contributed by atoms with Crippen LogP contribution in [0.25, 0.3) is 0 Å². The first kappa shape index (κ1) is 20.5. The second kappa shape index (κ2) is 8.22. The summed E-state index contributed by atoms with van der Waals surface area (Å²) in [5, 5.41) is 2.83. The highest BCUT2D eigenvalue weighted by atomic mass is 79.9. The van der Waals surface area contributed by atoms with Crippen molar-refractivity contribution in [1.82, 2.24) is 0 Å². The van der Waals surface area contributed by atoms with Crippen LogP contribution in [-0.2, 0) is 14.8 Å². The molecule has 0 saturated carbocycles. The molecule has 0 aromatic heterocycles. The number of benzene rings is 2. The zero-order chi connectivity index (χ0) is 19.5. The smallest absolute Gasteiger partial charge is 0.248 e. The van der Waals surface area contributed by atoms with Crippen LogP contribution >= 0.6 is 15.9 Å². The molecule has 140 valence electrons. The summed E-state index contributed by atoms with van der Waals surface area (Å²) in [6.07, 6.45) is 1.47. The van der Waals surface area contributed by atoms with Crippen LogP contribution in [0.5, 0.6) is 0 Å². The summed E-state index contributed by atoms with van der Waals surface area (Å²) in [5.41, 5.74) is 3.11. The fourth-order valence-corrected chi connectivity index (χ4v) is 4.16. The number of hydrogen-bond donors (Lipinski definition) is 1. The Kier molecular flexibility index (Phi) is 6.47. The fraction of sp³-hybridized carbons (Fsp3) is 0.316. The van der Waals surface area contributed by atoms with Crippen molar-refractivity contribution in [2.45, 2.75) is 33.2 Å². The Labute approximate surface area is 163 Å². The second-order valence-electron chi connectivity index (χ2n) is 6.27. The number of rotatable bonds is 6. The van der Waals surface area contributed by atoms with Gasteiger partial charge in [-0.2, -0.15) is 0 Å². The van der Waals surface area contributed by atoms with Crippen LogP contribution in [0.3, 0.4) is 0 Å². The highest BCUT2D eigenvalue weighted by Crippen LogP contribution is 2.25. The van der Waals surface area contributed by atoms with Crippen LogP contribution in [0.1, 0.15) is 24.5 Å². The Bertz CT molecular complexity index is 896. The summed E-state index contributed by atoms with van der Waals surface area (Å²) in [6.45, 7) is 5.64. The lowest BCUT2D eigenvalue weighted by molar-refractivity contribution is -0.117. The highest BCUT2D eigenvalue weighted by Gasteiger charge is 2.31. The highest BCUT2D eigenvalue weighted by molar-refractivity contribution is 9.10. The zero-order valence-corrected chi connectivity index (χ0v) is 17.7. The standard InChI is InChI=1S/C19H23BrN2O3S/c1-5-18(19(23)21-15-8-11-17(20)14(3)12-15)22(26(4,24)25)16-9-6-13(2)7-10-16/h6-12,18H,5H2,1-4H3,(H,21,23)/t18-/m0/s1. The number of amides is 1. The molecule has 0 bridgehead atoms. The second-order valence-corrected chi connectivity index (χ2v) is 8.99. The molecule has 0 saturated heterocycles. The number of nitrogens with one attached hydrogen (secondary N) is 1. The third-order valence-corrected chi connectivity index (χ3v) is 6.11. The van der Waals surface area contributed by atoms with E-state index in [1.54, 1.807) is 25.1 Å². The van der Waals surface area contributed by atoms with Gasteiger partial charge in [0.15, 0.2) is 0 Å². The maximum atomic E-state index is 12.8. The van der Waals surface area contributed by atoms with Crippen LogP contribution in [0.2, 0.25) is 0 Å². The summed E-state index contributed by atoms with van der Waals surface area (Å²) in [7, 11) is -3.63. The van der Waals surface area contributed by atoms with E-state index < -0.39 is 16.1 Å². The minimum absolute atomic E-state index is 0.349. The first-order valence-corrected chi connectivity index (χ1v) is 10.9. The number of carbonyl (C=O) groups excluding carboxylic acids is 1. The molecule has 1 atom stereocenters. The minimum atomic E-state index is -3.63. The van der Waals surface area contributed by atoms with E-state index in [9.17, 15) is 13.2 Å². The van der Waals surface area contributed by atoms with Crippen molar-refractivity contribution in [3.63, 3.8) is 0 Å². The normalized spacial score (nSPS) is 12.5. The summed E-state index contributed by atoms with van der Waals surface area (Å²) in [4.78, 5) is 12.8. The van der Waals surface area contributed by atoms with Crippen LogP contribution < -0.4 is 9.62 Å². The molecule has 0 aliphatic carbocycles. The van der Waals surface area contributed by atoms with Gasteiger partial charge in [0, 0.05) is 10.2 Å². The Hall–Kier alpha value is -1.86. The summed E-state index contributed by atoms with van der Waals surface area (Å²) < 4.78 is 27.0. The quantitative estimate of drug-likeness (QED) is 0.732. The van der Waals surface area contributed by atoms with E-state index in [1.165, 1.54) is 4.31 Å². The molecule has 0 fully saturated rings. The van der Waals surface area contributed by atoms with Gasteiger partial charge in [0.1, 0.15) is 6.04 Å². The van der Waals surface area contributed by atoms with Gasteiger partial charge in [0.05, 0.1) is 11.9 Å². The maximum absolute atomic E-state index is 12.8. The van der Waals surface area contributed by atoms with E-state index in [-0.39, 0.29) is 5.91 Å². The third kappa shape index (κ3) is 4.86. The monoisotopic (exact) mass is 438 g/mol. The summed E-state index contributed by atoms with van der Waals surface area (Å²) in [6, 6.07) is 11.7. The van der Waals surface area contributed by atoms with Gasteiger partial charge in [-0.3, -0.25) is 9.10 Å². The molecule has 5 nitrogen and oxygen atoms in total. The molecule has 7 heteroatoms. The molecule has 0 heterocycles. The zero-order valence-electron chi connectivity index (χ0n) is 15.3. The lowest BCUT2D eigenvalue weighted by Gasteiger charge is -2.30. The molecule has 0 aliphatic heterocycles. The molecule has 1 N–H and O–H groups in total. The van der Waals surface area contributed by atoms with Gasteiger partial charge in [-0.15, -0.1) is 0 Å². The van der Waals surface area contributed by atoms with E-state index in [0.717, 1.165) is 21.9 Å². The molecule has 1 amide bonds. The van der Waals surface area contributed by atoms with E-state index in [2.05, 4.69) is 21.2 Å². The van der Waals surface area contributed by atoms with Gasteiger partial charge < -0.3 is 5.32 Å². The largest absolute Gasteiger partial charge is 0.324 e. The number of carbonyl (C=O) groups is 1. The molecule has 0 radical (unpaired) electrons. The molecule has 0 spiro atoms. The van der Waals surface area contributed by atoms with E-state index in [0.29, 0.717) is 17.8 Å². The molecule has 0 unspecified atom stereocenters. The van der Waals surface area contributed by atoms with Crippen molar-refractivity contribution < 1.29 is 13.2 Å². The molecule has 26 heavy (non-hydrogen) atoms. The lowest BCUT2D eigenvalue weighted by atomic mass is 10.1. The van der Waals surface area contributed by atoms with E-state index in [1.807, 2.05) is 38.1 Å². The summed E-state index contributed by atoms with van der Waals surface area (Å²) in [5.74, 6) is -0.361. The van der Waals surface area contributed by atoms with Gasteiger partial charge >= 0.3 is 0 Å². The van der Waals surface area contributed by atoms with Gasteiger partial charge in [-0.1, -0.05) is 40.5 Å². The molecule has 2 aromatic rings. The minimum Gasteiger partial charge on any atom is -0.324 e. The van der Waals surface area contributed by atoms with Crippen molar-refractivity contribution in [2.75, 3.05) is 15.9 Å². The SMILES string of the molecule is CC[C@@H](C(=O)Nc1ccc(Br)c(C)c1)N(c1ccc(C)cc1)S(C)(=O)=O. The maximum Gasteiger partial charge on any atom is 0.248 e. The predicted molar refractivity (Wildman–Crippen MR) is 110 cm³/mol. The molecule has 0 aliphatic rings. The average Bonchev–Trinajstić information content (AvgIpc) is 2.56. The van der Waals surface area contributed by atoms with Gasteiger partial charge in [0.25, 0.3) is 0 Å². The van der Waals surface area contributed by atoms with E-state index >= 15 is 0 Å². The van der Waals surface area contributed by atoms with Crippen molar-refractivity contribution in [1.29, 1.82) is 0 Å². The number of aryl methyl sites for hydroxylation is 2. The first-order valence-electron chi connectivity index (χ1n) is 8.26. The first-order chi connectivity index (χ1) is 12.1. The van der Waals surface area contributed by atoms with E-state index in [4.69, 9.17) is 0 Å². The van der Waals surface area contributed by atoms with Gasteiger partial charge in [0.2, 0.25) is 15.9 Å². The molecule has 2 aromatic carbocycles. The number of hydrogen-bond acceptors (Lipinski definition) is 3. The van der Waals surface area contributed by atoms with Crippen molar-refractivity contribution >= 4 is 43.2 Å². The van der Waals surface area contributed by atoms with Crippen molar-refractivity contribution in [3.05, 3.63) is 58.1 Å². The predicted octanol–water partition coefficient (Wildman–Crippen LogP) is 4.25. The Balaban J connectivity index is 2.36. The molecular weight excluding hydrogens is 416 g/mol. The molecular formula is C19H23BrN2O3S. The van der Waals surface area contributed by atoms with Crippen LogP contribution in [0.4, 0.5) is 11.4 Å². The molecule has 2 rings (SSSR count). The Morgan fingerprint density at radius 2 is 1.77 bits per heavy atom. The van der Waals surface area contributed by atoms with Crippen molar-refractivity contribution in [3.8, 4) is 0 Å². The number of sulfonamides is 1. The lowest BCUT2D eigenvalue weighted by Crippen LogP contribution is -2.47. The summed E-state index contributed by atoms with van der Waals surface area (Å²) >= 11 is 3.42. The fourth-order valence-electron chi connectivity index (χ4n) is 2.70. The third-order valence-electron chi connectivity index (χ3n) is 4.04. The number of anilines is 2. The van der Waals surface area contributed by atoms with Crippen LogP contribution in [0, 0.1) is 13.8 Å². The Morgan fingerprint density at radius 1 is 1.15 bits per heavy atom. The number of nitrogens with zero attached hydrogens (tertiary/aromatic N) is 1.